The van der Waals surface area contributed by atoms with Crippen LogP contribution >= 0.6 is 11.6 Å². The van der Waals surface area contributed by atoms with Crippen LogP contribution in [0.15, 0.2) is 48.5 Å². The summed E-state index contributed by atoms with van der Waals surface area (Å²) >= 11 is 5.88. The highest BCUT2D eigenvalue weighted by atomic mass is 35.5. The maximum atomic E-state index is 12.6. The molecule has 4 nitrogen and oxygen atoms in total. The average molecular weight is 371 g/mol. The van der Waals surface area contributed by atoms with Gasteiger partial charge in [0.25, 0.3) is 0 Å². The first kappa shape index (κ1) is 18.5. The minimum absolute atomic E-state index is 0.0448. The van der Waals surface area contributed by atoms with E-state index in [-0.39, 0.29) is 17.9 Å². The van der Waals surface area contributed by atoms with Crippen LogP contribution < -0.4 is 5.32 Å². The summed E-state index contributed by atoms with van der Waals surface area (Å²) in [4.78, 5) is 26.5. The quantitative estimate of drug-likeness (QED) is 0.846. The van der Waals surface area contributed by atoms with Crippen LogP contribution in [0.3, 0.4) is 0 Å². The fraction of sp³-hybridized carbons (Fsp3) is 0.333. The number of carbonyl (C=O) groups is 2. The lowest BCUT2D eigenvalue weighted by Gasteiger charge is -2.24. The van der Waals surface area contributed by atoms with Crippen molar-refractivity contribution in [3.63, 3.8) is 0 Å². The Labute approximate surface area is 159 Å². The number of aryl methyl sites for hydroxylation is 1. The van der Waals surface area contributed by atoms with Crippen LogP contribution in [-0.4, -0.2) is 29.3 Å². The Bertz CT molecular complexity index is 772. The number of likely N-dealkylation sites (tertiary alicyclic amines) is 1. The molecule has 0 aromatic heterocycles. The minimum atomic E-state index is -0.381. The second-order valence-corrected chi connectivity index (χ2v) is 7.17. The van der Waals surface area contributed by atoms with Crippen LogP contribution in [0.4, 0.5) is 0 Å². The molecule has 2 amide bonds. The summed E-state index contributed by atoms with van der Waals surface area (Å²) in [6.07, 6.45) is 1.75. The Morgan fingerprint density at radius 3 is 2.46 bits per heavy atom. The highest BCUT2D eigenvalue weighted by Gasteiger charge is 2.35. The van der Waals surface area contributed by atoms with Crippen molar-refractivity contribution in [1.82, 2.24) is 10.2 Å². The van der Waals surface area contributed by atoms with Gasteiger partial charge in [-0.1, -0.05) is 53.6 Å². The van der Waals surface area contributed by atoms with E-state index in [0.29, 0.717) is 31.0 Å². The van der Waals surface area contributed by atoms with Crippen LogP contribution in [0, 0.1) is 6.92 Å². The Morgan fingerprint density at radius 2 is 1.77 bits per heavy atom. The van der Waals surface area contributed by atoms with E-state index in [1.54, 1.807) is 4.90 Å². The summed E-state index contributed by atoms with van der Waals surface area (Å²) in [7, 11) is 0. The number of nitrogens with one attached hydrogen (secondary N) is 1. The molecule has 5 heteroatoms. The van der Waals surface area contributed by atoms with Crippen molar-refractivity contribution in [1.29, 1.82) is 0 Å². The molecule has 2 aromatic carbocycles. The SMILES string of the molecule is Cc1ccc(CN2C(=O)CC[C@H]2C(=O)NCCc2ccc(Cl)cc2)cc1. The molecule has 1 atom stereocenters. The largest absolute Gasteiger partial charge is 0.354 e. The van der Waals surface area contributed by atoms with Gasteiger partial charge in [0, 0.05) is 24.5 Å². The van der Waals surface area contributed by atoms with Crippen molar-refractivity contribution in [3.05, 3.63) is 70.2 Å². The first-order valence-electron chi connectivity index (χ1n) is 8.90. The van der Waals surface area contributed by atoms with Crippen molar-refractivity contribution in [2.24, 2.45) is 0 Å². The molecule has 2 aromatic rings. The Balaban J connectivity index is 1.55. The molecule has 26 heavy (non-hydrogen) atoms. The second kappa shape index (κ2) is 8.37. The van der Waals surface area contributed by atoms with Crippen LogP contribution in [0.2, 0.25) is 5.02 Å². The lowest BCUT2D eigenvalue weighted by atomic mass is 10.1. The van der Waals surface area contributed by atoms with Gasteiger partial charge in [0.15, 0.2) is 0 Å². The second-order valence-electron chi connectivity index (χ2n) is 6.73. The average Bonchev–Trinajstić information content (AvgIpc) is 2.99. The number of benzene rings is 2. The van der Waals surface area contributed by atoms with E-state index in [9.17, 15) is 9.59 Å². The minimum Gasteiger partial charge on any atom is -0.354 e. The molecule has 0 spiro atoms. The molecule has 1 aliphatic rings. The standard InChI is InChI=1S/C21H23ClN2O2/c1-15-2-4-17(5-3-15)14-24-19(10-11-20(24)25)21(26)23-13-12-16-6-8-18(22)9-7-16/h2-9,19H,10-14H2,1H3,(H,23,26)/t19-/m0/s1. The van der Waals surface area contributed by atoms with Gasteiger partial charge in [0.1, 0.15) is 6.04 Å². The zero-order chi connectivity index (χ0) is 18.5. The summed E-state index contributed by atoms with van der Waals surface area (Å²) in [6, 6.07) is 15.3. The summed E-state index contributed by atoms with van der Waals surface area (Å²) in [5, 5.41) is 3.67. The highest BCUT2D eigenvalue weighted by Crippen LogP contribution is 2.22. The molecule has 0 bridgehead atoms. The fourth-order valence-corrected chi connectivity index (χ4v) is 3.32. The van der Waals surface area contributed by atoms with Gasteiger partial charge in [-0.15, -0.1) is 0 Å². The van der Waals surface area contributed by atoms with Crippen LogP contribution in [0.5, 0.6) is 0 Å². The number of rotatable bonds is 6. The predicted octanol–water partition coefficient (Wildman–Crippen LogP) is 3.50. The van der Waals surface area contributed by atoms with Crippen LogP contribution in [0.25, 0.3) is 0 Å². The number of halogens is 1. The molecule has 1 fully saturated rings. The van der Waals surface area contributed by atoms with Gasteiger partial charge in [0.05, 0.1) is 0 Å². The van der Waals surface area contributed by atoms with Gasteiger partial charge in [-0.25, -0.2) is 0 Å². The zero-order valence-corrected chi connectivity index (χ0v) is 15.6. The van der Waals surface area contributed by atoms with E-state index in [1.807, 2.05) is 55.5 Å². The molecule has 1 aliphatic heterocycles. The molecule has 1 N–H and O–H groups in total. The molecule has 1 heterocycles. The normalized spacial score (nSPS) is 16.8. The lowest BCUT2D eigenvalue weighted by Crippen LogP contribution is -2.44. The first-order chi connectivity index (χ1) is 12.5. The summed E-state index contributed by atoms with van der Waals surface area (Å²) in [6.45, 7) is 3.06. The topological polar surface area (TPSA) is 49.4 Å². The number of amides is 2. The zero-order valence-electron chi connectivity index (χ0n) is 14.9. The van der Waals surface area contributed by atoms with Crippen molar-refractivity contribution in [2.45, 2.75) is 38.8 Å². The predicted molar refractivity (Wildman–Crippen MR) is 103 cm³/mol. The van der Waals surface area contributed by atoms with Crippen LogP contribution in [0.1, 0.15) is 29.5 Å². The first-order valence-corrected chi connectivity index (χ1v) is 9.28. The monoisotopic (exact) mass is 370 g/mol. The summed E-state index contributed by atoms with van der Waals surface area (Å²) in [5.41, 5.74) is 3.34. The number of carbonyl (C=O) groups excluding carboxylic acids is 2. The van der Waals surface area contributed by atoms with Gasteiger partial charge in [-0.3, -0.25) is 9.59 Å². The van der Waals surface area contributed by atoms with E-state index >= 15 is 0 Å². The molecular weight excluding hydrogens is 348 g/mol. The number of hydrogen-bond acceptors (Lipinski definition) is 2. The molecular formula is C21H23ClN2O2. The maximum absolute atomic E-state index is 12.6. The van der Waals surface area contributed by atoms with E-state index in [4.69, 9.17) is 11.6 Å². The third-order valence-electron chi connectivity index (χ3n) is 4.73. The van der Waals surface area contributed by atoms with E-state index in [2.05, 4.69) is 5.32 Å². The molecule has 136 valence electrons. The summed E-state index contributed by atoms with van der Waals surface area (Å²) < 4.78 is 0. The number of hydrogen-bond donors (Lipinski definition) is 1. The Morgan fingerprint density at radius 1 is 1.12 bits per heavy atom. The van der Waals surface area contributed by atoms with E-state index in [0.717, 1.165) is 17.5 Å². The maximum Gasteiger partial charge on any atom is 0.242 e. The van der Waals surface area contributed by atoms with E-state index < -0.39 is 0 Å². The van der Waals surface area contributed by atoms with Gasteiger partial charge >= 0.3 is 0 Å². The third kappa shape index (κ3) is 4.64. The van der Waals surface area contributed by atoms with Crippen LogP contribution in [-0.2, 0) is 22.6 Å². The van der Waals surface area contributed by atoms with Crippen molar-refractivity contribution in [3.8, 4) is 0 Å². The smallest absolute Gasteiger partial charge is 0.242 e. The summed E-state index contributed by atoms with van der Waals surface area (Å²) in [5.74, 6) is -0.0275. The fourth-order valence-electron chi connectivity index (χ4n) is 3.19. The van der Waals surface area contributed by atoms with Crippen molar-refractivity contribution >= 4 is 23.4 Å². The van der Waals surface area contributed by atoms with Gasteiger partial charge in [-0.05, 0) is 43.0 Å². The highest BCUT2D eigenvalue weighted by molar-refractivity contribution is 6.30. The van der Waals surface area contributed by atoms with Crippen molar-refractivity contribution in [2.75, 3.05) is 6.54 Å². The molecule has 0 unspecified atom stereocenters. The molecule has 0 radical (unpaired) electrons. The van der Waals surface area contributed by atoms with Gasteiger partial charge < -0.3 is 10.2 Å². The molecule has 1 saturated heterocycles. The Kier molecular flexibility index (Phi) is 5.94. The third-order valence-corrected chi connectivity index (χ3v) is 4.98. The van der Waals surface area contributed by atoms with Crippen molar-refractivity contribution < 1.29 is 9.59 Å². The van der Waals surface area contributed by atoms with Gasteiger partial charge in [-0.2, -0.15) is 0 Å². The lowest BCUT2D eigenvalue weighted by molar-refractivity contribution is -0.135. The molecule has 0 saturated carbocycles. The van der Waals surface area contributed by atoms with E-state index in [1.165, 1.54) is 5.56 Å². The number of nitrogens with zero attached hydrogens (tertiary/aromatic N) is 1. The Hall–Kier alpha value is -2.33. The van der Waals surface area contributed by atoms with Gasteiger partial charge in [0.2, 0.25) is 11.8 Å². The molecule has 0 aliphatic carbocycles. The molecule has 3 rings (SSSR count).